The molecule has 2 heterocycles. The molecule has 0 aliphatic carbocycles. The minimum atomic E-state index is -1.04. The summed E-state index contributed by atoms with van der Waals surface area (Å²) in [5.41, 5.74) is 6.15. The lowest BCUT2D eigenvalue weighted by Crippen LogP contribution is -2.29. The first kappa shape index (κ1) is 19.8. The number of hydrogen-bond acceptors (Lipinski definition) is 7. The van der Waals surface area contributed by atoms with Crippen LogP contribution in [0.3, 0.4) is 0 Å². The number of pyridine rings is 1. The third kappa shape index (κ3) is 3.58. The molecule has 0 unspecified atom stereocenters. The smallest absolute Gasteiger partial charge is 0.338 e. The van der Waals surface area contributed by atoms with E-state index >= 15 is 0 Å². The van der Waals surface area contributed by atoms with Crippen LogP contribution >= 0.6 is 0 Å². The predicted molar refractivity (Wildman–Crippen MR) is 106 cm³/mol. The number of nitrogens with zero attached hydrogens (tertiary/aromatic N) is 1. The Labute approximate surface area is 166 Å². The van der Waals surface area contributed by atoms with E-state index in [1.165, 1.54) is 20.1 Å². The normalized spacial score (nSPS) is 16.2. The number of hydrogen-bond donors (Lipinski definition) is 2. The molecule has 1 aliphatic heterocycles. The lowest BCUT2D eigenvalue weighted by atomic mass is 9.83. The van der Waals surface area contributed by atoms with Crippen LogP contribution in [0, 0.1) is 11.3 Å². The Balaban J connectivity index is 2.25. The van der Waals surface area contributed by atoms with E-state index in [4.69, 9.17) is 19.9 Å². The molecule has 0 bridgehead atoms. The Morgan fingerprint density at radius 2 is 2.21 bits per heavy atom. The first-order valence-corrected chi connectivity index (χ1v) is 8.68. The van der Waals surface area contributed by atoms with Crippen LogP contribution in [0.25, 0.3) is 10.9 Å². The number of benzene rings is 1. The summed E-state index contributed by atoms with van der Waals surface area (Å²) in [6, 6.07) is 8.71. The van der Waals surface area contributed by atoms with Crippen molar-refractivity contribution in [3.05, 3.63) is 75.6 Å². The molecular weight excluding hydrogens is 374 g/mol. The molecule has 3 N–H and O–H groups in total. The molecular formula is C21H19N3O5. The van der Waals surface area contributed by atoms with Crippen molar-refractivity contribution in [2.45, 2.75) is 12.8 Å². The van der Waals surface area contributed by atoms with Crippen LogP contribution in [0.15, 0.2) is 64.5 Å². The van der Waals surface area contributed by atoms with Crippen molar-refractivity contribution >= 4 is 16.9 Å². The topological polar surface area (TPSA) is 127 Å². The summed E-state index contributed by atoms with van der Waals surface area (Å²) >= 11 is 0. The van der Waals surface area contributed by atoms with E-state index in [9.17, 15) is 14.9 Å². The number of aromatic nitrogens is 1. The minimum Gasteiger partial charge on any atom is -0.497 e. The fraction of sp³-hybridized carbons (Fsp3) is 0.190. The largest absolute Gasteiger partial charge is 0.497 e. The molecule has 8 nitrogen and oxygen atoms in total. The van der Waals surface area contributed by atoms with Gasteiger partial charge in [0.15, 0.2) is 0 Å². The number of nitrogens with one attached hydrogen (secondary N) is 1. The predicted octanol–water partition coefficient (Wildman–Crippen LogP) is 2.35. The van der Waals surface area contributed by atoms with Gasteiger partial charge in [0.2, 0.25) is 5.88 Å². The van der Waals surface area contributed by atoms with E-state index in [0.717, 1.165) is 0 Å². The summed E-state index contributed by atoms with van der Waals surface area (Å²) in [5, 5.41) is 10.3. The zero-order valence-electron chi connectivity index (χ0n) is 15.9. The molecule has 148 valence electrons. The fourth-order valence-corrected chi connectivity index (χ4v) is 3.21. The van der Waals surface area contributed by atoms with E-state index in [0.29, 0.717) is 16.7 Å². The first-order chi connectivity index (χ1) is 13.9. The van der Waals surface area contributed by atoms with Crippen LogP contribution in [0.1, 0.15) is 18.4 Å². The summed E-state index contributed by atoms with van der Waals surface area (Å²) < 4.78 is 15.8. The number of fused-ring (bicyclic) bond motifs is 1. The van der Waals surface area contributed by atoms with Crippen molar-refractivity contribution < 1.29 is 19.0 Å². The molecule has 1 aliphatic rings. The highest BCUT2D eigenvalue weighted by atomic mass is 16.5. The van der Waals surface area contributed by atoms with Crippen LogP contribution in [0.4, 0.5) is 0 Å². The average molecular weight is 393 g/mol. The molecule has 8 heteroatoms. The fourth-order valence-electron chi connectivity index (χ4n) is 3.21. The highest BCUT2D eigenvalue weighted by Crippen LogP contribution is 2.39. The Morgan fingerprint density at radius 3 is 2.86 bits per heavy atom. The summed E-state index contributed by atoms with van der Waals surface area (Å²) in [5.74, 6) is -1.18. The standard InChI is InChI=1S/C21H19N3O5/c1-4-7-28-21(26)17-11(2)29-19(23)15(10-22)18(17)14-9-12-8-13(27-3)5-6-16(12)24-20(14)25/h4-6,8-9,18H,1,7,23H2,2-3H3,(H,24,25)/t18-/m1/s1. The molecule has 0 saturated heterocycles. The number of esters is 1. The second-order valence-electron chi connectivity index (χ2n) is 6.29. The van der Waals surface area contributed by atoms with Crippen molar-refractivity contribution in [3.63, 3.8) is 0 Å². The Bertz CT molecular complexity index is 1170. The number of ether oxygens (including phenoxy) is 3. The van der Waals surface area contributed by atoms with Gasteiger partial charge in [-0.2, -0.15) is 5.26 Å². The molecule has 29 heavy (non-hydrogen) atoms. The third-order valence-corrected chi connectivity index (χ3v) is 4.55. The first-order valence-electron chi connectivity index (χ1n) is 8.68. The SMILES string of the molecule is C=CCOC(=O)C1=C(C)OC(N)=C(C#N)[C@H]1c1cc2cc(OC)ccc2[nH]c1=O. The van der Waals surface area contributed by atoms with Crippen LogP contribution in [-0.2, 0) is 14.3 Å². The molecule has 1 aromatic carbocycles. The number of nitrogens with two attached hydrogens (primary N) is 1. The summed E-state index contributed by atoms with van der Waals surface area (Å²) in [6.07, 6.45) is 1.41. The zero-order valence-corrected chi connectivity index (χ0v) is 15.9. The van der Waals surface area contributed by atoms with Gasteiger partial charge in [-0.05, 0) is 31.2 Å². The summed E-state index contributed by atoms with van der Waals surface area (Å²) in [6.45, 7) is 5.00. The van der Waals surface area contributed by atoms with Crippen molar-refractivity contribution in [2.24, 2.45) is 5.73 Å². The molecule has 1 atom stereocenters. The van der Waals surface area contributed by atoms with Gasteiger partial charge in [0, 0.05) is 16.5 Å². The minimum absolute atomic E-state index is 0.0327. The number of rotatable bonds is 5. The Morgan fingerprint density at radius 1 is 1.45 bits per heavy atom. The maximum atomic E-state index is 12.9. The zero-order chi connectivity index (χ0) is 21.1. The van der Waals surface area contributed by atoms with Crippen molar-refractivity contribution in [1.82, 2.24) is 4.98 Å². The van der Waals surface area contributed by atoms with Gasteiger partial charge >= 0.3 is 5.97 Å². The second-order valence-corrected chi connectivity index (χ2v) is 6.29. The Hall–Kier alpha value is -3.99. The van der Waals surface area contributed by atoms with Crippen LogP contribution < -0.4 is 16.0 Å². The van der Waals surface area contributed by atoms with Gasteiger partial charge in [-0.15, -0.1) is 0 Å². The van der Waals surface area contributed by atoms with Gasteiger partial charge in [0.1, 0.15) is 29.8 Å². The van der Waals surface area contributed by atoms with Crippen molar-refractivity contribution in [3.8, 4) is 11.8 Å². The summed E-state index contributed by atoms with van der Waals surface area (Å²) in [7, 11) is 1.53. The van der Waals surface area contributed by atoms with Crippen LogP contribution in [0.2, 0.25) is 0 Å². The Kier molecular flexibility index (Phi) is 5.41. The number of nitriles is 1. The lowest BCUT2D eigenvalue weighted by Gasteiger charge is -2.26. The highest BCUT2D eigenvalue weighted by molar-refractivity contribution is 5.93. The molecule has 0 spiro atoms. The van der Waals surface area contributed by atoms with E-state index in [1.54, 1.807) is 24.3 Å². The van der Waals surface area contributed by atoms with Gasteiger partial charge in [0.05, 0.1) is 18.6 Å². The van der Waals surface area contributed by atoms with Crippen molar-refractivity contribution in [2.75, 3.05) is 13.7 Å². The van der Waals surface area contributed by atoms with Crippen molar-refractivity contribution in [1.29, 1.82) is 5.26 Å². The molecule has 0 radical (unpaired) electrons. The van der Waals surface area contributed by atoms with Gasteiger partial charge in [-0.3, -0.25) is 4.79 Å². The molecule has 3 rings (SSSR count). The number of carbonyl (C=O) groups is 1. The van der Waals surface area contributed by atoms with Gasteiger partial charge in [0.25, 0.3) is 5.56 Å². The van der Waals surface area contributed by atoms with Gasteiger partial charge < -0.3 is 24.9 Å². The maximum absolute atomic E-state index is 12.9. The van der Waals surface area contributed by atoms with E-state index in [1.807, 2.05) is 6.07 Å². The molecule has 2 aromatic rings. The monoisotopic (exact) mass is 393 g/mol. The lowest BCUT2D eigenvalue weighted by molar-refractivity contribution is -0.138. The maximum Gasteiger partial charge on any atom is 0.338 e. The van der Waals surface area contributed by atoms with Gasteiger partial charge in [-0.1, -0.05) is 12.7 Å². The van der Waals surface area contributed by atoms with Gasteiger partial charge in [-0.25, -0.2) is 4.79 Å². The molecule has 0 saturated carbocycles. The number of carbonyl (C=O) groups excluding carboxylic acids is 1. The second kappa shape index (κ2) is 7.94. The molecule has 0 fully saturated rings. The number of allylic oxidation sites excluding steroid dienone is 2. The van der Waals surface area contributed by atoms with E-state index < -0.39 is 17.4 Å². The third-order valence-electron chi connectivity index (χ3n) is 4.55. The highest BCUT2D eigenvalue weighted by Gasteiger charge is 2.37. The number of aromatic amines is 1. The van der Waals surface area contributed by atoms with Crippen LogP contribution in [-0.4, -0.2) is 24.7 Å². The quantitative estimate of drug-likeness (QED) is 0.589. The summed E-state index contributed by atoms with van der Waals surface area (Å²) in [4.78, 5) is 28.3. The van der Waals surface area contributed by atoms with E-state index in [-0.39, 0.29) is 35.0 Å². The van der Waals surface area contributed by atoms with E-state index in [2.05, 4.69) is 11.6 Å². The number of methoxy groups -OCH3 is 1. The number of H-pyrrole nitrogens is 1. The average Bonchev–Trinajstić information content (AvgIpc) is 2.70. The molecule has 1 aromatic heterocycles. The van der Waals surface area contributed by atoms with Crippen LogP contribution in [0.5, 0.6) is 5.75 Å². The molecule has 0 amide bonds.